The van der Waals surface area contributed by atoms with Crippen LogP contribution < -0.4 is 5.32 Å². The third-order valence-electron chi connectivity index (χ3n) is 4.96. The second-order valence-corrected chi connectivity index (χ2v) is 8.22. The Morgan fingerprint density at radius 2 is 2.03 bits per heavy atom. The van der Waals surface area contributed by atoms with Crippen molar-refractivity contribution in [2.24, 2.45) is 9.98 Å². The summed E-state index contributed by atoms with van der Waals surface area (Å²) >= 11 is 1.70. The van der Waals surface area contributed by atoms with Crippen molar-refractivity contribution in [2.45, 2.75) is 74.4 Å². The van der Waals surface area contributed by atoms with Gasteiger partial charge >= 0.3 is 0 Å². The summed E-state index contributed by atoms with van der Waals surface area (Å²) in [6, 6.07) is 0.437. The summed E-state index contributed by atoms with van der Waals surface area (Å²) in [7, 11) is 1.71. The van der Waals surface area contributed by atoms with Gasteiger partial charge in [0.1, 0.15) is 10.7 Å². The second-order valence-electron chi connectivity index (χ2n) is 7.14. The molecule has 0 saturated carbocycles. The van der Waals surface area contributed by atoms with Crippen molar-refractivity contribution in [3.8, 4) is 0 Å². The van der Waals surface area contributed by atoms with Gasteiger partial charge in [0.05, 0.1) is 22.9 Å². The predicted octanol–water partition coefficient (Wildman–Crippen LogP) is 6.16. The molecule has 0 fully saturated rings. The molecule has 0 saturated heterocycles. The number of nitrogens with zero attached hydrogens (tertiary/aromatic N) is 4. The van der Waals surface area contributed by atoms with Crippen LogP contribution in [0.25, 0.3) is 0 Å². The van der Waals surface area contributed by atoms with E-state index < -0.39 is 0 Å². The van der Waals surface area contributed by atoms with E-state index in [0.29, 0.717) is 12.6 Å². The first-order valence-corrected chi connectivity index (χ1v) is 11.2. The van der Waals surface area contributed by atoms with Crippen molar-refractivity contribution in [1.82, 2.24) is 14.9 Å². The molecule has 6 nitrogen and oxygen atoms in total. The zero-order chi connectivity index (χ0) is 21.4. The standard InChI is InChI=1S/C22H35N5OS.CH4/c1-8-18(9-2)27-14-15(4)20(22(27)24-10-3)26-17(6)21-16(5)25-19(29-21)13-23-11-12-28-7;/h10,14,18,23H,8-9,11-13H2,1-7H3;1H4/b24-10+,26-17?;. The Morgan fingerprint density at radius 3 is 2.63 bits per heavy atom. The SMILES string of the molecule is C.C/C=N/c1c(N=C(C)c2sc(CNCCOC)nc2C)c(C)cn1C(CC)CC. The van der Waals surface area contributed by atoms with Crippen LogP contribution in [0.4, 0.5) is 11.5 Å². The van der Waals surface area contributed by atoms with E-state index in [9.17, 15) is 0 Å². The smallest absolute Gasteiger partial charge is 0.158 e. The first-order chi connectivity index (χ1) is 14.0. The molecule has 7 heteroatoms. The highest BCUT2D eigenvalue weighted by atomic mass is 32.1. The van der Waals surface area contributed by atoms with Gasteiger partial charge in [0.25, 0.3) is 0 Å². The number of hydrogen-bond acceptors (Lipinski definition) is 6. The number of thiazole rings is 1. The number of hydrogen-bond donors (Lipinski definition) is 1. The van der Waals surface area contributed by atoms with Crippen LogP contribution in [0.3, 0.4) is 0 Å². The van der Waals surface area contributed by atoms with Gasteiger partial charge in [-0.2, -0.15) is 0 Å². The first-order valence-electron chi connectivity index (χ1n) is 10.4. The minimum Gasteiger partial charge on any atom is -0.383 e. The summed E-state index contributed by atoms with van der Waals surface area (Å²) in [5, 5.41) is 4.43. The Labute approximate surface area is 186 Å². The topological polar surface area (TPSA) is 63.8 Å². The molecular formula is C23H39N5OS. The van der Waals surface area contributed by atoms with E-state index in [1.54, 1.807) is 18.4 Å². The van der Waals surface area contributed by atoms with Crippen molar-refractivity contribution in [1.29, 1.82) is 0 Å². The van der Waals surface area contributed by atoms with Crippen LogP contribution in [0.5, 0.6) is 0 Å². The van der Waals surface area contributed by atoms with Crippen LogP contribution in [0, 0.1) is 13.8 Å². The first kappa shape index (κ1) is 26.2. The van der Waals surface area contributed by atoms with Gasteiger partial charge in [-0.25, -0.2) is 15.0 Å². The molecule has 2 rings (SSSR count). The minimum atomic E-state index is 0. The van der Waals surface area contributed by atoms with Crippen molar-refractivity contribution in [2.75, 3.05) is 20.3 Å². The molecule has 0 bridgehead atoms. The molecular weight excluding hydrogens is 394 g/mol. The van der Waals surface area contributed by atoms with Crippen LogP contribution in [-0.4, -0.2) is 41.7 Å². The van der Waals surface area contributed by atoms with E-state index in [4.69, 9.17) is 14.7 Å². The molecule has 0 amide bonds. The number of aromatic nitrogens is 2. The fraction of sp³-hybridized carbons (Fsp3) is 0.609. The van der Waals surface area contributed by atoms with Crippen LogP contribution in [0.15, 0.2) is 16.2 Å². The van der Waals surface area contributed by atoms with Gasteiger partial charge in [0.15, 0.2) is 5.82 Å². The molecule has 0 aliphatic heterocycles. The summed E-state index contributed by atoms with van der Waals surface area (Å²) < 4.78 is 7.36. The van der Waals surface area contributed by atoms with E-state index in [0.717, 1.165) is 64.3 Å². The molecule has 168 valence electrons. The molecule has 2 aromatic rings. The van der Waals surface area contributed by atoms with E-state index in [2.05, 4.69) is 55.7 Å². The quantitative estimate of drug-likeness (QED) is 0.341. The summed E-state index contributed by atoms with van der Waals surface area (Å²) in [5.41, 5.74) is 4.12. The summed E-state index contributed by atoms with van der Waals surface area (Å²) in [6.07, 6.45) is 6.19. The Morgan fingerprint density at radius 1 is 1.33 bits per heavy atom. The average Bonchev–Trinajstić information content (AvgIpc) is 3.21. The summed E-state index contributed by atoms with van der Waals surface area (Å²) in [5.74, 6) is 0.946. The van der Waals surface area contributed by atoms with Gasteiger partial charge in [0.2, 0.25) is 0 Å². The van der Waals surface area contributed by atoms with Crippen molar-refractivity contribution in [3.05, 3.63) is 27.3 Å². The Balaban J connectivity index is 0.00000450. The Bertz CT molecular complexity index is 846. The van der Waals surface area contributed by atoms with Crippen molar-refractivity contribution >= 4 is 34.8 Å². The second kappa shape index (κ2) is 12.8. The lowest BCUT2D eigenvalue weighted by Gasteiger charge is -2.16. The van der Waals surface area contributed by atoms with Crippen LogP contribution in [0.1, 0.15) is 75.1 Å². The summed E-state index contributed by atoms with van der Waals surface area (Å²) in [4.78, 5) is 15.5. The van der Waals surface area contributed by atoms with E-state index in [1.165, 1.54) is 0 Å². The maximum atomic E-state index is 5.08. The third kappa shape index (κ3) is 6.33. The maximum absolute atomic E-state index is 5.08. The molecule has 0 aliphatic rings. The molecule has 0 aliphatic carbocycles. The lowest BCUT2D eigenvalue weighted by molar-refractivity contribution is 0.199. The predicted molar refractivity (Wildman–Crippen MR) is 132 cm³/mol. The van der Waals surface area contributed by atoms with Gasteiger partial charge in [-0.3, -0.25) is 0 Å². The van der Waals surface area contributed by atoms with Gasteiger partial charge in [-0.05, 0) is 46.1 Å². The van der Waals surface area contributed by atoms with Gasteiger partial charge in [-0.15, -0.1) is 11.3 Å². The molecule has 0 unspecified atom stereocenters. The normalized spacial score (nSPS) is 12.2. The van der Waals surface area contributed by atoms with Gasteiger partial charge in [-0.1, -0.05) is 21.3 Å². The summed E-state index contributed by atoms with van der Waals surface area (Å²) in [6.45, 7) is 14.9. The number of ether oxygens (including phenoxy) is 1. The van der Waals surface area contributed by atoms with Gasteiger partial charge in [0, 0.05) is 38.7 Å². The van der Waals surface area contributed by atoms with Crippen molar-refractivity contribution in [3.63, 3.8) is 0 Å². The number of nitrogens with one attached hydrogen (secondary N) is 1. The maximum Gasteiger partial charge on any atom is 0.158 e. The molecule has 0 atom stereocenters. The lowest BCUT2D eigenvalue weighted by Crippen LogP contribution is -2.18. The largest absolute Gasteiger partial charge is 0.383 e. The third-order valence-corrected chi connectivity index (χ3v) is 6.22. The number of aryl methyl sites for hydroxylation is 2. The highest BCUT2D eigenvalue weighted by molar-refractivity contribution is 7.13. The fourth-order valence-corrected chi connectivity index (χ4v) is 4.41. The van der Waals surface area contributed by atoms with Gasteiger partial charge < -0.3 is 14.6 Å². The molecule has 2 aromatic heterocycles. The Hall–Kier alpha value is -1.83. The highest BCUT2D eigenvalue weighted by Gasteiger charge is 2.18. The number of rotatable bonds is 11. The highest BCUT2D eigenvalue weighted by Crippen LogP contribution is 2.38. The minimum absolute atomic E-state index is 0. The van der Waals surface area contributed by atoms with E-state index in [1.807, 2.05) is 13.1 Å². The lowest BCUT2D eigenvalue weighted by atomic mass is 10.2. The van der Waals surface area contributed by atoms with E-state index in [-0.39, 0.29) is 7.43 Å². The zero-order valence-electron chi connectivity index (χ0n) is 18.9. The monoisotopic (exact) mass is 433 g/mol. The molecule has 30 heavy (non-hydrogen) atoms. The molecule has 0 radical (unpaired) electrons. The molecule has 1 N–H and O–H groups in total. The number of methoxy groups -OCH3 is 1. The Kier molecular flexibility index (Phi) is 11.2. The van der Waals surface area contributed by atoms with Crippen LogP contribution in [-0.2, 0) is 11.3 Å². The number of aliphatic imine (C=N–C) groups is 2. The average molecular weight is 434 g/mol. The van der Waals surface area contributed by atoms with Crippen molar-refractivity contribution < 1.29 is 4.74 Å². The molecule has 0 spiro atoms. The zero-order valence-corrected chi connectivity index (χ0v) is 19.7. The van der Waals surface area contributed by atoms with E-state index >= 15 is 0 Å². The van der Waals surface area contributed by atoms with Crippen LogP contribution in [0.2, 0.25) is 0 Å². The fourth-order valence-electron chi connectivity index (χ4n) is 3.43. The van der Waals surface area contributed by atoms with Crippen LogP contribution >= 0.6 is 11.3 Å². The molecule has 0 aromatic carbocycles. The molecule has 2 heterocycles.